The van der Waals surface area contributed by atoms with Crippen LogP contribution in [0.1, 0.15) is 106 Å². The van der Waals surface area contributed by atoms with Crippen molar-refractivity contribution in [1.29, 1.82) is 0 Å². The van der Waals surface area contributed by atoms with Crippen LogP contribution in [-0.4, -0.2) is 21.4 Å². The minimum absolute atomic E-state index is 0.330. The van der Waals surface area contributed by atoms with Gasteiger partial charge in [-0.15, -0.1) is 0 Å². The molecule has 4 aliphatic carbocycles. The van der Waals surface area contributed by atoms with Gasteiger partial charge in [0.25, 0.3) is 0 Å². The van der Waals surface area contributed by atoms with Crippen LogP contribution in [-0.2, 0) is 0 Å². The van der Waals surface area contributed by atoms with Crippen molar-refractivity contribution in [2.24, 2.45) is 40.4 Å². The fourth-order valence-corrected chi connectivity index (χ4v) is 8.56. The van der Waals surface area contributed by atoms with Crippen molar-refractivity contribution >= 4 is 0 Å². The Morgan fingerprint density at radius 2 is 1.79 bits per heavy atom. The first kappa shape index (κ1) is 21.9. The molecule has 8 atom stereocenters. The fraction of sp³-hybridized carbons (Fsp3) is 0.926. The van der Waals surface area contributed by atoms with E-state index in [1.54, 1.807) is 5.57 Å². The van der Waals surface area contributed by atoms with E-state index in [-0.39, 0.29) is 0 Å². The monoisotopic (exact) mass is 402 g/mol. The Kier molecular flexibility index (Phi) is 5.35. The Balaban J connectivity index is 1.53. The number of fused-ring (bicyclic) bond motifs is 5. The van der Waals surface area contributed by atoms with Crippen LogP contribution in [0.3, 0.4) is 0 Å². The van der Waals surface area contributed by atoms with Crippen LogP contribution < -0.4 is 0 Å². The molecule has 0 amide bonds. The highest BCUT2D eigenvalue weighted by atomic mass is 16.3. The first-order chi connectivity index (χ1) is 13.4. The molecule has 2 nitrogen and oxygen atoms in total. The normalized spacial score (nSPS) is 48.3. The maximum absolute atomic E-state index is 10.7. The molecule has 166 valence electrons. The molecule has 0 aliphatic heterocycles. The number of aliphatic hydroxyl groups is 2. The number of rotatable bonds is 4. The highest BCUT2D eigenvalue weighted by molar-refractivity contribution is 5.26. The zero-order chi connectivity index (χ0) is 21.2. The summed E-state index contributed by atoms with van der Waals surface area (Å²) in [5.41, 5.74) is 1.37. The molecule has 4 rings (SSSR count). The van der Waals surface area contributed by atoms with E-state index in [0.29, 0.717) is 16.7 Å². The second kappa shape index (κ2) is 7.09. The molecule has 29 heavy (non-hydrogen) atoms. The highest BCUT2D eigenvalue weighted by Gasteiger charge is 2.59. The smallest absolute Gasteiger partial charge is 0.0657 e. The summed E-state index contributed by atoms with van der Waals surface area (Å²) in [5, 5.41) is 20.9. The molecule has 2 N–H and O–H groups in total. The molecule has 0 saturated heterocycles. The summed E-state index contributed by atoms with van der Waals surface area (Å²) in [6.07, 6.45) is 14.5. The molecule has 0 heterocycles. The van der Waals surface area contributed by atoms with Gasteiger partial charge in [-0.2, -0.15) is 0 Å². The molecule has 0 aromatic rings. The molecule has 2 heteroatoms. The van der Waals surface area contributed by atoms with Crippen molar-refractivity contribution in [3.63, 3.8) is 0 Å². The van der Waals surface area contributed by atoms with Crippen LogP contribution in [0.15, 0.2) is 11.6 Å². The van der Waals surface area contributed by atoms with Crippen molar-refractivity contribution < 1.29 is 10.2 Å². The molecular formula is C27H46O2. The summed E-state index contributed by atoms with van der Waals surface area (Å²) in [6.45, 7) is 13.6. The van der Waals surface area contributed by atoms with E-state index in [9.17, 15) is 10.2 Å². The standard InChI is InChI=1S/C27H46O2/c1-18(11-13-24(2,3)28)21-9-10-22-20-8-7-19-17-25(4,29)15-16-26(19,5)23(20)12-14-27(21,22)6/h7,18,20-23,28-29H,8-17H2,1-6H3/t18-,20-,21+,22-,23-,25-,26-,27+/m0/s1. The van der Waals surface area contributed by atoms with Gasteiger partial charge in [0.15, 0.2) is 0 Å². The van der Waals surface area contributed by atoms with E-state index in [0.717, 1.165) is 49.4 Å². The minimum atomic E-state index is -0.536. The average Bonchev–Trinajstić information content (AvgIpc) is 2.97. The van der Waals surface area contributed by atoms with Gasteiger partial charge in [-0.25, -0.2) is 0 Å². The molecule has 0 radical (unpaired) electrons. The summed E-state index contributed by atoms with van der Waals surface area (Å²) in [6, 6.07) is 0. The van der Waals surface area contributed by atoms with Gasteiger partial charge < -0.3 is 10.2 Å². The Bertz CT molecular complexity index is 656. The van der Waals surface area contributed by atoms with Gasteiger partial charge in [0.05, 0.1) is 11.2 Å². The first-order valence-corrected chi connectivity index (χ1v) is 12.5. The van der Waals surface area contributed by atoms with Gasteiger partial charge in [-0.1, -0.05) is 32.4 Å². The zero-order valence-corrected chi connectivity index (χ0v) is 19.9. The predicted octanol–water partition coefficient (Wildman–Crippen LogP) is 6.50. The van der Waals surface area contributed by atoms with Crippen molar-refractivity contribution in [1.82, 2.24) is 0 Å². The molecule has 0 aromatic carbocycles. The first-order valence-electron chi connectivity index (χ1n) is 12.5. The molecule has 0 aromatic heterocycles. The van der Waals surface area contributed by atoms with Crippen LogP contribution >= 0.6 is 0 Å². The van der Waals surface area contributed by atoms with Gasteiger partial charge in [-0.05, 0) is 125 Å². The Labute approximate surface area is 179 Å². The second-order valence-electron chi connectivity index (χ2n) is 13.0. The van der Waals surface area contributed by atoms with E-state index in [1.165, 1.54) is 38.5 Å². The molecule has 0 spiro atoms. The number of hydrogen-bond acceptors (Lipinski definition) is 2. The van der Waals surface area contributed by atoms with Crippen LogP contribution in [0.4, 0.5) is 0 Å². The highest BCUT2D eigenvalue weighted by Crippen LogP contribution is 2.67. The van der Waals surface area contributed by atoms with E-state index >= 15 is 0 Å². The Morgan fingerprint density at radius 1 is 1.07 bits per heavy atom. The van der Waals surface area contributed by atoms with E-state index in [2.05, 4.69) is 26.8 Å². The van der Waals surface area contributed by atoms with Gasteiger partial charge in [-0.3, -0.25) is 0 Å². The summed E-state index contributed by atoms with van der Waals surface area (Å²) in [5.74, 6) is 4.07. The van der Waals surface area contributed by atoms with Gasteiger partial charge in [0.1, 0.15) is 0 Å². The third kappa shape index (κ3) is 3.75. The van der Waals surface area contributed by atoms with Gasteiger partial charge in [0.2, 0.25) is 0 Å². The fourth-order valence-electron chi connectivity index (χ4n) is 8.56. The van der Waals surface area contributed by atoms with Crippen molar-refractivity contribution in [2.75, 3.05) is 0 Å². The molecule has 3 fully saturated rings. The summed E-state index contributed by atoms with van der Waals surface area (Å²) in [4.78, 5) is 0. The third-order valence-corrected chi connectivity index (χ3v) is 10.4. The molecule has 3 saturated carbocycles. The second-order valence-corrected chi connectivity index (χ2v) is 13.0. The molecule has 4 aliphatic rings. The summed E-state index contributed by atoms with van der Waals surface area (Å²) < 4.78 is 0. The van der Waals surface area contributed by atoms with Crippen LogP contribution in [0.5, 0.6) is 0 Å². The van der Waals surface area contributed by atoms with E-state index < -0.39 is 11.2 Å². The zero-order valence-electron chi connectivity index (χ0n) is 19.9. The maximum Gasteiger partial charge on any atom is 0.0657 e. The summed E-state index contributed by atoms with van der Waals surface area (Å²) in [7, 11) is 0. The van der Waals surface area contributed by atoms with Crippen molar-refractivity contribution in [3.05, 3.63) is 11.6 Å². The average molecular weight is 403 g/mol. The lowest BCUT2D eigenvalue weighted by Gasteiger charge is -2.59. The third-order valence-electron chi connectivity index (χ3n) is 10.4. The summed E-state index contributed by atoms with van der Waals surface area (Å²) >= 11 is 0. The quantitative estimate of drug-likeness (QED) is 0.527. The van der Waals surface area contributed by atoms with Crippen molar-refractivity contribution in [3.8, 4) is 0 Å². The SMILES string of the molecule is C[C@@H](CCC(C)(C)O)[C@H]1CC[C@H]2[C@@H]3CC=C4C[C@@](C)(O)CC[C@]4(C)[C@H]3CC[C@]12C. The topological polar surface area (TPSA) is 40.5 Å². The predicted molar refractivity (Wildman–Crippen MR) is 121 cm³/mol. The van der Waals surface area contributed by atoms with Gasteiger partial charge in [0, 0.05) is 0 Å². The van der Waals surface area contributed by atoms with Gasteiger partial charge >= 0.3 is 0 Å². The Hall–Kier alpha value is -0.340. The van der Waals surface area contributed by atoms with Crippen LogP contribution in [0.25, 0.3) is 0 Å². The lowest BCUT2D eigenvalue weighted by atomic mass is 9.46. The molecule has 0 bridgehead atoms. The van der Waals surface area contributed by atoms with Crippen LogP contribution in [0, 0.1) is 40.4 Å². The maximum atomic E-state index is 10.7. The van der Waals surface area contributed by atoms with Crippen LogP contribution in [0.2, 0.25) is 0 Å². The lowest BCUT2D eigenvalue weighted by molar-refractivity contribution is -0.0713. The lowest BCUT2D eigenvalue weighted by Crippen LogP contribution is -2.52. The number of hydrogen-bond donors (Lipinski definition) is 2. The van der Waals surface area contributed by atoms with Crippen molar-refractivity contribution in [2.45, 2.75) is 117 Å². The van der Waals surface area contributed by atoms with E-state index in [1.807, 2.05) is 20.8 Å². The molecular weight excluding hydrogens is 356 g/mol. The van der Waals surface area contributed by atoms with E-state index in [4.69, 9.17) is 0 Å². The Morgan fingerprint density at radius 3 is 2.48 bits per heavy atom. The largest absolute Gasteiger partial charge is 0.390 e. The minimum Gasteiger partial charge on any atom is -0.390 e. The molecule has 0 unspecified atom stereocenters. The number of allylic oxidation sites excluding steroid dienone is 1.